The number of nitro groups is 1. The van der Waals surface area contributed by atoms with Crippen molar-refractivity contribution in [1.82, 2.24) is 0 Å². The lowest BCUT2D eigenvalue weighted by Crippen LogP contribution is -2.59. The van der Waals surface area contributed by atoms with Gasteiger partial charge in [0.1, 0.15) is 0 Å². The van der Waals surface area contributed by atoms with E-state index in [9.17, 15) is 58.8 Å². The molecule has 15 heteroatoms. The first-order chi connectivity index (χ1) is 15.7. The second-order valence-electron chi connectivity index (χ2n) is 7.35. The van der Waals surface area contributed by atoms with E-state index in [0.717, 1.165) is 13.0 Å². The number of benzene rings is 2. The zero-order chi connectivity index (χ0) is 27.3. The van der Waals surface area contributed by atoms with E-state index in [1.807, 2.05) is 0 Å². The number of primary amides is 1. The van der Waals surface area contributed by atoms with E-state index in [1.54, 1.807) is 0 Å². The molecule has 0 heterocycles. The summed E-state index contributed by atoms with van der Waals surface area (Å²) in [6, 6.07) is 1.57. The highest BCUT2D eigenvalue weighted by Crippen LogP contribution is 2.58. The van der Waals surface area contributed by atoms with Crippen molar-refractivity contribution in [3.63, 3.8) is 0 Å². The predicted octanol–water partition coefficient (Wildman–Crippen LogP) is 6.30. The number of carbonyl (C=O) groups excluding carboxylic acids is 1. The second-order valence-corrected chi connectivity index (χ2v) is 7.35. The maximum Gasteiger partial charge on any atom is 0.457 e. The molecule has 0 aliphatic heterocycles. The molecule has 1 amide bonds. The largest absolute Gasteiger partial charge is 0.457 e. The first-order valence-corrected chi connectivity index (χ1v) is 9.35. The average Bonchev–Trinajstić information content (AvgIpc) is 2.69. The van der Waals surface area contributed by atoms with E-state index >= 15 is 0 Å². The van der Waals surface area contributed by atoms with E-state index in [-0.39, 0.29) is 12.1 Å². The molecule has 35 heavy (non-hydrogen) atoms. The third-order valence-corrected chi connectivity index (χ3v) is 5.21. The molecule has 2 N–H and O–H groups in total. The van der Waals surface area contributed by atoms with E-state index in [4.69, 9.17) is 5.73 Å². The quantitative estimate of drug-likeness (QED) is 0.276. The number of amides is 1. The molecular formula is C20H14F10N2O3. The minimum Gasteiger partial charge on any atom is -0.366 e. The smallest absolute Gasteiger partial charge is 0.366 e. The predicted molar refractivity (Wildman–Crippen MR) is 101 cm³/mol. The van der Waals surface area contributed by atoms with E-state index in [0.29, 0.717) is 6.07 Å². The molecule has 0 radical (unpaired) electrons. The molecule has 0 bridgehead atoms. The minimum absolute atomic E-state index is 0.0191. The van der Waals surface area contributed by atoms with Crippen LogP contribution in [0, 0.1) is 22.9 Å². The molecule has 192 valence electrons. The first kappa shape index (κ1) is 27.9. The van der Waals surface area contributed by atoms with Gasteiger partial charge < -0.3 is 5.73 Å². The lowest BCUT2D eigenvalue weighted by Gasteiger charge is -2.36. The average molecular weight is 520 g/mol. The Hall–Kier alpha value is -3.39. The van der Waals surface area contributed by atoms with Crippen LogP contribution in [0.25, 0.3) is 11.1 Å². The number of aryl methyl sites for hydroxylation is 2. The summed E-state index contributed by atoms with van der Waals surface area (Å²) in [7, 11) is 0. The fourth-order valence-corrected chi connectivity index (χ4v) is 3.58. The monoisotopic (exact) mass is 520 g/mol. The molecule has 0 spiro atoms. The number of nitro benzene ring substituents is 1. The van der Waals surface area contributed by atoms with Crippen LogP contribution in [0.5, 0.6) is 0 Å². The van der Waals surface area contributed by atoms with Gasteiger partial charge in [0.15, 0.2) is 0 Å². The summed E-state index contributed by atoms with van der Waals surface area (Å²) in [6.45, 7) is 2.03. The van der Waals surface area contributed by atoms with Crippen LogP contribution in [0.4, 0.5) is 49.6 Å². The Labute approximate surface area is 189 Å². The van der Waals surface area contributed by atoms with Crippen molar-refractivity contribution in [2.24, 2.45) is 5.73 Å². The van der Waals surface area contributed by atoms with Crippen LogP contribution in [-0.2, 0) is 12.1 Å². The van der Waals surface area contributed by atoms with Crippen molar-refractivity contribution >= 4 is 11.6 Å². The fourth-order valence-electron chi connectivity index (χ4n) is 3.58. The molecule has 2 aromatic rings. The molecular weight excluding hydrogens is 506 g/mol. The van der Waals surface area contributed by atoms with Gasteiger partial charge in [0.25, 0.3) is 5.91 Å². The number of nitrogens with zero attached hydrogens (tertiary/aromatic N) is 1. The van der Waals surface area contributed by atoms with Gasteiger partial charge in [-0.2, -0.15) is 39.5 Å². The Bertz CT molecular complexity index is 1190. The third-order valence-electron chi connectivity index (χ3n) is 5.21. The van der Waals surface area contributed by atoms with Gasteiger partial charge in [-0.05, 0) is 42.2 Å². The molecule has 5 nitrogen and oxygen atoms in total. The van der Waals surface area contributed by atoms with Gasteiger partial charge in [0.05, 0.1) is 16.1 Å². The van der Waals surface area contributed by atoms with Crippen molar-refractivity contribution in [1.29, 1.82) is 0 Å². The number of halogens is 10. The van der Waals surface area contributed by atoms with Crippen molar-refractivity contribution in [2.75, 3.05) is 0 Å². The first-order valence-electron chi connectivity index (χ1n) is 9.35. The molecule has 0 saturated heterocycles. The third kappa shape index (κ3) is 4.27. The van der Waals surface area contributed by atoms with Crippen molar-refractivity contribution in [2.45, 2.75) is 44.2 Å². The molecule has 1 unspecified atom stereocenters. The van der Waals surface area contributed by atoms with Gasteiger partial charge in [-0.1, -0.05) is 19.1 Å². The maximum absolute atomic E-state index is 14.9. The Kier molecular flexibility index (Phi) is 6.91. The van der Waals surface area contributed by atoms with Crippen LogP contribution in [-0.4, -0.2) is 29.1 Å². The second kappa shape index (κ2) is 8.68. The van der Waals surface area contributed by atoms with Gasteiger partial charge in [-0.25, -0.2) is 4.39 Å². The van der Waals surface area contributed by atoms with E-state index in [1.165, 1.54) is 6.92 Å². The number of hydrogen-bond donors (Lipinski definition) is 1. The highest BCUT2D eigenvalue weighted by molar-refractivity contribution is 5.95. The number of nitrogens with two attached hydrogens (primary N) is 1. The van der Waals surface area contributed by atoms with Gasteiger partial charge in [0.2, 0.25) is 5.82 Å². The maximum atomic E-state index is 14.9. The minimum atomic E-state index is -6.94. The number of alkyl halides is 9. The summed E-state index contributed by atoms with van der Waals surface area (Å²) in [5.41, 5.74) is -7.93. The molecule has 0 aromatic heterocycles. The fraction of sp³-hybridized carbons (Fsp3) is 0.350. The van der Waals surface area contributed by atoms with Crippen LogP contribution in [0.1, 0.15) is 34.0 Å². The standard InChI is InChI=1S/C20H14F10N2O3/c1-3-9-7-10(17(22,19(25,26)27)18(23,24)20(28,29)30)6-8(2)13(9)11-4-5-12(16(31)33)14(21)15(11)32(34)35/h4-7H,3H2,1-2H3,(H2,31,33). The Balaban J connectivity index is 2.98. The zero-order valence-electron chi connectivity index (χ0n) is 17.5. The van der Waals surface area contributed by atoms with Gasteiger partial charge in [-0.3, -0.25) is 14.9 Å². The highest BCUT2D eigenvalue weighted by Gasteiger charge is 2.81. The normalized spacial score (nSPS) is 14.5. The molecule has 0 fully saturated rings. The van der Waals surface area contributed by atoms with Crippen molar-refractivity contribution in [3.8, 4) is 11.1 Å². The molecule has 0 saturated carbocycles. The molecule has 1 atom stereocenters. The highest BCUT2D eigenvalue weighted by atomic mass is 19.4. The Morgan fingerprint density at radius 2 is 1.54 bits per heavy atom. The molecule has 2 aromatic carbocycles. The summed E-state index contributed by atoms with van der Waals surface area (Å²) in [5.74, 6) is -10.0. The van der Waals surface area contributed by atoms with Gasteiger partial charge in [0, 0.05) is 5.56 Å². The van der Waals surface area contributed by atoms with Gasteiger partial charge in [-0.15, -0.1) is 0 Å². The van der Waals surface area contributed by atoms with Gasteiger partial charge >= 0.3 is 29.6 Å². The lowest BCUT2D eigenvalue weighted by atomic mass is 9.82. The molecule has 0 aliphatic carbocycles. The summed E-state index contributed by atoms with van der Waals surface area (Å²) < 4.78 is 136. The summed E-state index contributed by atoms with van der Waals surface area (Å²) in [4.78, 5) is 21.5. The van der Waals surface area contributed by atoms with E-state index < -0.39 is 86.1 Å². The topological polar surface area (TPSA) is 86.2 Å². The van der Waals surface area contributed by atoms with Crippen LogP contribution in [0.3, 0.4) is 0 Å². The van der Waals surface area contributed by atoms with Crippen LogP contribution in [0.15, 0.2) is 24.3 Å². The Morgan fingerprint density at radius 1 is 1.00 bits per heavy atom. The zero-order valence-corrected chi connectivity index (χ0v) is 17.5. The van der Waals surface area contributed by atoms with Crippen molar-refractivity contribution < 1.29 is 53.6 Å². The number of carbonyl (C=O) groups is 1. The lowest BCUT2D eigenvalue weighted by molar-refractivity contribution is -0.389. The van der Waals surface area contributed by atoms with Crippen LogP contribution < -0.4 is 5.73 Å². The number of rotatable bonds is 6. The van der Waals surface area contributed by atoms with E-state index in [2.05, 4.69) is 0 Å². The molecule has 0 aliphatic rings. The summed E-state index contributed by atoms with van der Waals surface area (Å²) in [6.07, 6.45) is -14.1. The van der Waals surface area contributed by atoms with Crippen LogP contribution in [0.2, 0.25) is 0 Å². The van der Waals surface area contributed by atoms with Crippen LogP contribution >= 0.6 is 0 Å². The number of hydrogen-bond acceptors (Lipinski definition) is 3. The SMILES string of the molecule is CCc1cc(C(F)(C(F)(F)F)C(F)(F)C(F)(F)F)cc(C)c1-c1ccc(C(N)=O)c(F)c1[N+](=O)[O-]. The Morgan fingerprint density at radius 3 is 1.94 bits per heavy atom. The summed E-state index contributed by atoms with van der Waals surface area (Å²) in [5, 5.41) is 11.5. The van der Waals surface area contributed by atoms with Crippen molar-refractivity contribution in [3.05, 3.63) is 62.5 Å². The summed E-state index contributed by atoms with van der Waals surface area (Å²) >= 11 is 0. The molecule has 2 rings (SSSR count).